The summed E-state index contributed by atoms with van der Waals surface area (Å²) in [6.07, 6.45) is 0. The number of halogens is 1. The fraction of sp³-hybridized carbons (Fsp3) is 0.571. The lowest BCUT2D eigenvalue weighted by atomic mass is 10.1. The highest BCUT2D eigenvalue weighted by Gasteiger charge is 2.18. The number of aliphatic hydroxyl groups is 1. The smallest absolute Gasteiger partial charge is 0.123 e. The number of piperazine rings is 1. The second kappa shape index (κ2) is 6.84. The number of hydrogen-bond donors (Lipinski definition) is 2. The van der Waals surface area contributed by atoms with Crippen LogP contribution in [0.2, 0.25) is 0 Å². The summed E-state index contributed by atoms with van der Waals surface area (Å²) in [7, 11) is 1.87. The van der Waals surface area contributed by atoms with Crippen molar-refractivity contribution in [3.63, 3.8) is 0 Å². The number of anilines is 1. The van der Waals surface area contributed by atoms with Crippen LogP contribution < -0.4 is 10.2 Å². The first-order valence-electron chi connectivity index (χ1n) is 6.76. The third-order valence-electron chi connectivity index (χ3n) is 3.54. The van der Waals surface area contributed by atoms with Gasteiger partial charge in [-0.15, -0.1) is 0 Å². The van der Waals surface area contributed by atoms with E-state index in [-0.39, 0.29) is 12.4 Å². The van der Waals surface area contributed by atoms with Crippen LogP contribution in [0.15, 0.2) is 18.2 Å². The molecule has 0 spiro atoms. The molecular formula is C14H22FN3O. The van der Waals surface area contributed by atoms with Gasteiger partial charge in [0.15, 0.2) is 0 Å². The first-order chi connectivity index (χ1) is 9.24. The maximum absolute atomic E-state index is 13.3. The van der Waals surface area contributed by atoms with Crippen molar-refractivity contribution in [2.75, 3.05) is 51.3 Å². The van der Waals surface area contributed by atoms with E-state index in [9.17, 15) is 4.39 Å². The number of benzene rings is 1. The van der Waals surface area contributed by atoms with Gasteiger partial charge in [-0.05, 0) is 30.8 Å². The van der Waals surface area contributed by atoms with Crippen molar-refractivity contribution in [1.82, 2.24) is 10.2 Å². The van der Waals surface area contributed by atoms with Gasteiger partial charge in [0.2, 0.25) is 0 Å². The highest BCUT2D eigenvalue weighted by molar-refractivity contribution is 5.54. The Morgan fingerprint density at radius 2 is 2.00 bits per heavy atom. The molecule has 0 aromatic heterocycles. The first kappa shape index (κ1) is 14.2. The monoisotopic (exact) mass is 267 g/mol. The quantitative estimate of drug-likeness (QED) is 0.822. The van der Waals surface area contributed by atoms with Crippen molar-refractivity contribution in [3.8, 4) is 0 Å². The zero-order valence-electron chi connectivity index (χ0n) is 11.4. The molecule has 4 nitrogen and oxygen atoms in total. The maximum atomic E-state index is 13.3. The Labute approximate surface area is 113 Å². The second-order valence-corrected chi connectivity index (χ2v) is 4.86. The molecule has 5 heteroatoms. The van der Waals surface area contributed by atoms with Gasteiger partial charge in [0.05, 0.1) is 6.61 Å². The lowest BCUT2D eigenvalue weighted by molar-refractivity contribution is 0.188. The second-order valence-electron chi connectivity index (χ2n) is 4.86. The van der Waals surface area contributed by atoms with Crippen LogP contribution in [0.5, 0.6) is 0 Å². The highest BCUT2D eigenvalue weighted by Crippen LogP contribution is 2.23. The molecule has 0 saturated carbocycles. The molecule has 0 aliphatic carbocycles. The molecule has 0 bridgehead atoms. The molecule has 0 unspecified atom stereocenters. The Balaban J connectivity index is 2.06. The number of nitrogens with zero attached hydrogens (tertiary/aromatic N) is 2. The Kier molecular flexibility index (Phi) is 5.13. The predicted molar refractivity (Wildman–Crippen MR) is 74.9 cm³/mol. The molecule has 0 radical (unpaired) electrons. The zero-order chi connectivity index (χ0) is 13.7. The molecule has 1 aromatic rings. The number of nitrogens with one attached hydrogen (secondary N) is 1. The van der Waals surface area contributed by atoms with E-state index in [1.807, 2.05) is 13.1 Å². The third-order valence-corrected chi connectivity index (χ3v) is 3.54. The lowest BCUT2D eigenvalue weighted by Gasteiger charge is -2.36. The van der Waals surface area contributed by atoms with Gasteiger partial charge in [-0.2, -0.15) is 0 Å². The largest absolute Gasteiger partial charge is 0.395 e. The summed E-state index contributed by atoms with van der Waals surface area (Å²) in [5.74, 6) is -0.187. The molecular weight excluding hydrogens is 245 g/mol. The average Bonchev–Trinajstić information content (AvgIpc) is 2.41. The summed E-state index contributed by atoms with van der Waals surface area (Å²) < 4.78 is 13.3. The standard InChI is InChI=1S/C14H22FN3O/c1-16-11-12-10-13(15)2-3-14(12)18-6-4-17(5-7-18)8-9-19/h2-3,10,16,19H,4-9,11H2,1H3. The topological polar surface area (TPSA) is 38.7 Å². The lowest BCUT2D eigenvalue weighted by Crippen LogP contribution is -2.47. The van der Waals surface area contributed by atoms with Crippen molar-refractivity contribution in [2.24, 2.45) is 0 Å². The van der Waals surface area contributed by atoms with E-state index in [2.05, 4.69) is 15.1 Å². The van der Waals surface area contributed by atoms with E-state index in [4.69, 9.17) is 5.11 Å². The number of hydrogen-bond acceptors (Lipinski definition) is 4. The molecule has 2 rings (SSSR count). The summed E-state index contributed by atoms with van der Waals surface area (Å²) in [6, 6.07) is 4.99. The van der Waals surface area contributed by atoms with Crippen LogP contribution in [0.25, 0.3) is 0 Å². The minimum absolute atomic E-state index is 0.187. The van der Waals surface area contributed by atoms with E-state index in [1.54, 1.807) is 6.07 Å². The van der Waals surface area contributed by atoms with Crippen molar-refractivity contribution in [2.45, 2.75) is 6.54 Å². The van der Waals surface area contributed by atoms with Gasteiger partial charge in [0.1, 0.15) is 5.82 Å². The normalized spacial score (nSPS) is 16.9. The molecule has 0 atom stereocenters. The van der Waals surface area contributed by atoms with Gasteiger partial charge in [-0.3, -0.25) is 4.90 Å². The van der Waals surface area contributed by atoms with E-state index < -0.39 is 0 Å². The molecule has 19 heavy (non-hydrogen) atoms. The van der Waals surface area contributed by atoms with Crippen LogP contribution >= 0.6 is 0 Å². The first-order valence-corrected chi connectivity index (χ1v) is 6.76. The van der Waals surface area contributed by atoms with Crippen LogP contribution in [0.3, 0.4) is 0 Å². The molecule has 1 aliphatic heterocycles. The van der Waals surface area contributed by atoms with Crippen molar-refractivity contribution in [3.05, 3.63) is 29.6 Å². The van der Waals surface area contributed by atoms with Crippen molar-refractivity contribution >= 4 is 5.69 Å². The van der Waals surface area contributed by atoms with Gasteiger partial charge in [0, 0.05) is 45.0 Å². The zero-order valence-corrected chi connectivity index (χ0v) is 11.4. The van der Waals surface area contributed by atoms with Gasteiger partial charge < -0.3 is 15.3 Å². The van der Waals surface area contributed by atoms with Gasteiger partial charge in [0.25, 0.3) is 0 Å². The molecule has 2 N–H and O–H groups in total. The Hall–Kier alpha value is -1.17. The summed E-state index contributed by atoms with van der Waals surface area (Å²) in [4.78, 5) is 4.54. The van der Waals surface area contributed by atoms with Gasteiger partial charge in [-0.1, -0.05) is 0 Å². The Morgan fingerprint density at radius 1 is 1.26 bits per heavy atom. The van der Waals surface area contributed by atoms with Crippen LogP contribution in [-0.2, 0) is 6.54 Å². The fourth-order valence-corrected chi connectivity index (χ4v) is 2.55. The summed E-state index contributed by atoms with van der Waals surface area (Å²) >= 11 is 0. The fourth-order valence-electron chi connectivity index (χ4n) is 2.55. The third kappa shape index (κ3) is 3.65. The average molecular weight is 267 g/mol. The van der Waals surface area contributed by atoms with Crippen LogP contribution in [0, 0.1) is 5.82 Å². The SMILES string of the molecule is CNCc1cc(F)ccc1N1CCN(CCO)CC1. The Morgan fingerprint density at radius 3 is 2.63 bits per heavy atom. The predicted octanol–water partition coefficient (Wildman–Crippen LogP) is 0.659. The highest BCUT2D eigenvalue weighted by atomic mass is 19.1. The molecule has 1 aromatic carbocycles. The van der Waals surface area contributed by atoms with E-state index >= 15 is 0 Å². The number of rotatable bonds is 5. The molecule has 0 amide bonds. The van der Waals surface area contributed by atoms with E-state index in [0.29, 0.717) is 6.54 Å². The van der Waals surface area contributed by atoms with Crippen LogP contribution in [-0.4, -0.2) is 56.4 Å². The van der Waals surface area contributed by atoms with E-state index in [1.165, 1.54) is 6.07 Å². The Bertz CT molecular complexity index is 406. The molecule has 1 aliphatic rings. The summed E-state index contributed by atoms with van der Waals surface area (Å²) in [5.41, 5.74) is 2.11. The van der Waals surface area contributed by atoms with Crippen LogP contribution in [0.4, 0.5) is 10.1 Å². The van der Waals surface area contributed by atoms with Crippen LogP contribution in [0.1, 0.15) is 5.56 Å². The molecule has 1 fully saturated rings. The van der Waals surface area contributed by atoms with Crippen molar-refractivity contribution in [1.29, 1.82) is 0 Å². The number of β-amino-alcohol motifs (C(OH)–C–C–N with tert-alkyl or cyclic N) is 1. The van der Waals surface area contributed by atoms with Crippen molar-refractivity contribution < 1.29 is 9.50 Å². The molecule has 106 valence electrons. The molecule has 1 saturated heterocycles. The number of aliphatic hydroxyl groups excluding tert-OH is 1. The maximum Gasteiger partial charge on any atom is 0.123 e. The summed E-state index contributed by atoms with van der Waals surface area (Å²) in [5, 5.41) is 12.0. The van der Waals surface area contributed by atoms with Gasteiger partial charge >= 0.3 is 0 Å². The summed E-state index contributed by atoms with van der Waals surface area (Å²) in [6.45, 7) is 5.34. The van der Waals surface area contributed by atoms with Gasteiger partial charge in [-0.25, -0.2) is 4.39 Å². The minimum Gasteiger partial charge on any atom is -0.395 e. The minimum atomic E-state index is -0.187. The van der Waals surface area contributed by atoms with E-state index in [0.717, 1.165) is 44.0 Å². The molecule has 1 heterocycles.